The Morgan fingerprint density at radius 3 is 2.13 bits per heavy atom. The van der Waals surface area contributed by atoms with Gasteiger partial charge in [0.05, 0.1) is 18.0 Å². The first-order chi connectivity index (χ1) is 21.2. The zero-order valence-electron chi connectivity index (χ0n) is 24.6. The van der Waals surface area contributed by atoms with E-state index < -0.39 is 42.1 Å². The molecule has 1 fully saturated rings. The van der Waals surface area contributed by atoms with Crippen molar-refractivity contribution < 1.29 is 54.5 Å². The van der Waals surface area contributed by atoms with Gasteiger partial charge in [-0.25, -0.2) is 9.67 Å². The predicted molar refractivity (Wildman–Crippen MR) is 146 cm³/mol. The maximum Gasteiger partial charge on any atom is 0.460 e. The number of hydrogen-bond donors (Lipinski definition) is 0. The highest BCUT2D eigenvalue weighted by Crippen LogP contribution is 2.51. The van der Waals surface area contributed by atoms with Crippen LogP contribution in [0.4, 0.5) is 30.7 Å². The fourth-order valence-electron chi connectivity index (χ4n) is 4.65. The molecule has 246 valence electrons. The molecule has 2 heterocycles. The fraction of sp³-hybridized carbons (Fsp3) is 0.483. The second-order valence-electron chi connectivity index (χ2n) is 10.1. The summed E-state index contributed by atoms with van der Waals surface area (Å²) in [6, 6.07) is 9.60. The van der Waals surface area contributed by atoms with Crippen LogP contribution in [0.1, 0.15) is 31.4 Å². The number of hydrogen-bond acceptors (Lipinski definition) is 8. The first-order valence-electron chi connectivity index (χ1n) is 13.7. The summed E-state index contributed by atoms with van der Waals surface area (Å²) in [6.07, 6.45) is -5.55. The lowest BCUT2D eigenvalue weighted by Gasteiger charge is -2.42. The van der Waals surface area contributed by atoms with Crippen LogP contribution < -0.4 is 0 Å². The Labute approximate surface area is 253 Å². The molecule has 45 heavy (non-hydrogen) atoms. The Kier molecular flexibility index (Phi) is 10.5. The number of rotatable bonds is 12. The SMILES string of the molecule is CCCO[C@@H]1[C@@H](OC)[C@H](C)O[C@@H](O/N=C/c2ccc(-c3ncn(-c4ccc(C(F)(F)C(F)(F)C(F)(F)F)cc4)n3)cc2)[C@@H]1OC. The molecule has 3 aromatic rings. The molecule has 0 saturated carbocycles. The van der Waals surface area contributed by atoms with E-state index in [-0.39, 0.29) is 23.7 Å². The molecule has 0 unspecified atom stereocenters. The second kappa shape index (κ2) is 13.8. The molecule has 5 atom stereocenters. The molecule has 0 radical (unpaired) electrons. The maximum absolute atomic E-state index is 14.0. The third kappa shape index (κ3) is 7.13. The molecular formula is C29H31F7N4O5. The van der Waals surface area contributed by atoms with Gasteiger partial charge in [0.15, 0.2) is 11.9 Å². The van der Waals surface area contributed by atoms with Gasteiger partial charge in [-0.1, -0.05) is 48.5 Å². The third-order valence-corrected chi connectivity index (χ3v) is 7.06. The average molecular weight is 649 g/mol. The summed E-state index contributed by atoms with van der Waals surface area (Å²) in [5, 5.41) is 8.27. The van der Waals surface area contributed by atoms with E-state index in [2.05, 4.69) is 15.2 Å². The van der Waals surface area contributed by atoms with Gasteiger partial charge in [0.25, 0.3) is 6.29 Å². The van der Waals surface area contributed by atoms with Gasteiger partial charge < -0.3 is 23.8 Å². The van der Waals surface area contributed by atoms with Gasteiger partial charge in [0, 0.05) is 32.0 Å². The van der Waals surface area contributed by atoms with E-state index in [1.165, 1.54) is 19.7 Å². The summed E-state index contributed by atoms with van der Waals surface area (Å²) >= 11 is 0. The van der Waals surface area contributed by atoms with E-state index in [1.54, 1.807) is 31.4 Å². The number of oxime groups is 1. The van der Waals surface area contributed by atoms with Crippen molar-refractivity contribution in [1.29, 1.82) is 0 Å². The Morgan fingerprint density at radius 2 is 1.56 bits per heavy atom. The summed E-state index contributed by atoms with van der Waals surface area (Å²) < 4.78 is 116. The van der Waals surface area contributed by atoms with Gasteiger partial charge in [-0.3, -0.25) is 0 Å². The van der Waals surface area contributed by atoms with E-state index in [0.29, 0.717) is 29.9 Å². The smallest absolute Gasteiger partial charge is 0.376 e. The first kappa shape index (κ1) is 34.3. The molecule has 0 spiro atoms. The Hall–Kier alpha value is -3.60. The van der Waals surface area contributed by atoms with Gasteiger partial charge in [-0.2, -0.15) is 30.7 Å². The molecule has 1 aliphatic heterocycles. The Morgan fingerprint density at radius 1 is 0.911 bits per heavy atom. The van der Waals surface area contributed by atoms with E-state index in [9.17, 15) is 30.7 Å². The number of methoxy groups -OCH3 is 2. The van der Waals surface area contributed by atoms with E-state index in [0.717, 1.165) is 23.2 Å². The molecule has 0 bridgehead atoms. The first-order valence-corrected chi connectivity index (χ1v) is 13.7. The summed E-state index contributed by atoms with van der Waals surface area (Å²) in [5.74, 6) is -11.5. The molecule has 1 aromatic heterocycles. The van der Waals surface area contributed by atoms with Crippen LogP contribution in [0.2, 0.25) is 0 Å². The summed E-state index contributed by atoms with van der Waals surface area (Å²) in [4.78, 5) is 9.76. The monoisotopic (exact) mass is 648 g/mol. The van der Waals surface area contributed by atoms with Crippen molar-refractivity contribution >= 4 is 6.21 Å². The van der Waals surface area contributed by atoms with Crippen LogP contribution in [0, 0.1) is 0 Å². The molecule has 16 heteroatoms. The highest BCUT2D eigenvalue weighted by atomic mass is 19.4. The lowest BCUT2D eigenvalue weighted by molar-refractivity contribution is -0.359. The van der Waals surface area contributed by atoms with E-state index >= 15 is 0 Å². The Bertz CT molecular complexity index is 1420. The normalized spacial score (nSPS) is 23.0. The van der Waals surface area contributed by atoms with Gasteiger partial charge in [-0.15, -0.1) is 5.10 Å². The molecule has 1 aliphatic rings. The number of aromatic nitrogens is 3. The summed E-state index contributed by atoms with van der Waals surface area (Å²) in [7, 11) is 3.08. The third-order valence-electron chi connectivity index (χ3n) is 7.06. The quantitative estimate of drug-likeness (QED) is 0.132. The van der Waals surface area contributed by atoms with Crippen LogP contribution in [-0.2, 0) is 29.7 Å². The topological polar surface area (TPSA) is 89.2 Å². The maximum atomic E-state index is 14.0. The van der Waals surface area contributed by atoms with Gasteiger partial charge in [0.2, 0.25) is 0 Å². The molecule has 0 amide bonds. The van der Waals surface area contributed by atoms with Crippen molar-refractivity contribution in [3.05, 3.63) is 66.0 Å². The fourth-order valence-corrected chi connectivity index (χ4v) is 4.65. The minimum Gasteiger partial charge on any atom is -0.376 e. The average Bonchev–Trinajstić information content (AvgIpc) is 3.50. The van der Waals surface area contributed by atoms with Gasteiger partial charge >= 0.3 is 18.0 Å². The predicted octanol–water partition coefficient (Wildman–Crippen LogP) is 6.14. The molecule has 0 N–H and O–H groups in total. The highest BCUT2D eigenvalue weighted by molar-refractivity contribution is 5.80. The van der Waals surface area contributed by atoms with Crippen molar-refractivity contribution in [3.8, 4) is 17.1 Å². The van der Waals surface area contributed by atoms with Crippen LogP contribution in [-0.4, -0.2) is 84.6 Å². The molecule has 9 nitrogen and oxygen atoms in total. The molecule has 0 aliphatic carbocycles. The lowest BCUT2D eigenvalue weighted by atomic mass is 9.99. The van der Waals surface area contributed by atoms with Crippen molar-refractivity contribution in [2.75, 3.05) is 20.8 Å². The van der Waals surface area contributed by atoms with Gasteiger partial charge in [-0.05, 0) is 31.0 Å². The largest absolute Gasteiger partial charge is 0.460 e. The van der Waals surface area contributed by atoms with Crippen LogP contribution in [0.3, 0.4) is 0 Å². The highest BCUT2D eigenvalue weighted by Gasteiger charge is 2.73. The minimum atomic E-state index is -6.43. The number of ether oxygens (including phenoxy) is 4. The van der Waals surface area contributed by atoms with E-state index in [1.807, 2.05) is 13.8 Å². The van der Waals surface area contributed by atoms with Crippen LogP contribution in [0.25, 0.3) is 17.1 Å². The van der Waals surface area contributed by atoms with Crippen molar-refractivity contribution in [3.63, 3.8) is 0 Å². The molecule has 2 aromatic carbocycles. The molecule has 1 saturated heterocycles. The van der Waals surface area contributed by atoms with Crippen molar-refractivity contribution in [2.45, 2.75) is 69.0 Å². The van der Waals surface area contributed by atoms with E-state index in [4.69, 9.17) is 23.8 Å². The number of halogens is 7. The number of alkyl halides is 7. The number of benzene rings is 2. The summed E-state index contributed by atoms with van der Waals surface area (Å²) in [5.41, 5.74) is -0.180. The lowest BCUT2D eigenvalue weighted by Crippen LogP contribution is -2.59. The summed E-state index contributed by atoms with van der Waals surface area (Å²) in [6.45, 7) is 4.33. The molecule has 4 rings (SSSR count). The zero-order valence-corrected chi connectivity index (χ0v) is 24.6. The Balaban J connectivity index is 1.41. The van der Waals surface area contributed by atoms with Gasteiger partial charge in [0.1, 0.15) is 18.5 Å². The van der Waals surface area contributed by atoms with Crippen molar-refractivity contribution in [1.82, 2.24) is 14.8 Å². The van der Waals surface area contributed by atoms with Crippen molar-refractivity contribution in [2.24, 2.45) is 5.16 Å². The van der Waals surface area contributed by atoms with Crippen LogP contribution >= 0.6 is 0 Å². The minimum absolute atomic E-state index is 0.109. The van der Waals surface area contributed by atoms with Crippen LogP contribution in [0.15, 0.2) is 60.0 Å². The van der Waals surface area contributed by atoms with Crippen LogP contribution in [0.5, 0.6) is 0 Å². The zero-order chi connectivity index (χ0) is 33.0. The second-order valence-corrected chi connectivity index (χ2v) is 10.1. The molecular weight excluding hydrogens is 617 g/mol. The standard InChI is InChI=1S/C29H31F7N4O5/c1-5-14-43-23-22(41-3)17(2)44-26(24(23)42-4)45-38-15-18-6-8-19(9-7-18)25-37-16-40(39-25)21-12-10-20(11-13-21)27(30,31)28(32,33)29(34,35)36/h6-13,15-17,22-24,26H,5,14H2,1-4H3/b38-15+/t17-,22-,23+,24+,26-/m0/s1. The number of nitrogens with zero attached hydrogens (tertiary/aromatic N) is 4.